The van der Waals surface area contributed by atoms with Crippen molar-refractivity contribution in [3.05, 3.63) is 11.8 Å². The number of aliphatic hydroxyl groups is 1. The molecule has 1 aliphatic carbocycles. The molecule has 0 saturated carbocycles. The molecule has 0 aliphatic heterocycles. The first-order valence-corrected chi connectivity index (χ1v) is 8.65. The van der Waals surface area contributed by atoms with Crippen LogP contribution >= 0.6 is 0 Å². The van der Waals surface area contributed by atoms with Gasteiger partial charge in [0.1, 0.15) is 0 Å². The Labute approximate surface area is 94.5 Å². The number of aliphatic hydroxyl groups excluding tert-OH is 1. The van der Waals surface area contributed by atoms with E-state index in [1.165, 1.54) is 0 Å². The molecular weight excluding hydrogens is 204 g/mol. The summed E-state index contributed by atoms with van der Waals surface area (Å²) in [5, 5.41) is 9.58. The van der Waals surface area contributed by atoms with Crippen LogP contribution in [0, 0.1) is 5.92 Å². The molecule has 0 aromatic rings. The second-order valence-corrected chi connectivity index (χ2v) is 10.9. The molecule has 0 radical (unpaired) electrons. The quantitative estimate of drug-likeness (QED) is 0.743. The summed E-state index contributed by atoms with van der Waals surface area (Å²) in [7, 11) is -1.60. The fourth-order valence-corrected chi connectivity index (χ4v) is 2.52. The van der Waals surface area contributed by atoms with Gasteiger partial charge in [-0.3, -0.25) is 0 Å². The average molecular weight is 228 g/mol. The largest absolute Gasteiger partial charge is 0.513 e. The van der Waals surface area contributed by atoms with Crippen molar-refractivity contribution < 1.29 is 9.53 Å². The van der Waals surface area contributed by atoms with Crippen LogP contribution in [0.25, 0.3) is 0 Å². The molecule has 3 heteroatoms. The van der Waals surface area contributed by atoms with E-state index in [9.17, 15) is 5.11 Å². The molecule has 0 aromatic carbocycles. The van der Waals surface area contributed by atoms with Crippen LogP contribution in [0.3, 0.4) is 0 Å². The van der Waals surface area contributed by atoms with Crippen molar-refractivity contribution in [2.45, 2.75) is 51.7 Å². The minimum Gasteiger partial charge on any atom is -0.513 e. The molecule has 0 spiro atoms. The number of allylic oxidation sites excluding steroid dienone is 2. The van der Waals surface area contributed by atoms with Crippen LogP contribution in [-0.4, -0.2) is 20.0 Å². The lowest BCUT2D eigenvalue weighted by molar-refractivity contribution is 0.225. The van der Waals surface area contributed by atoms with E-state index in [0.29, 0.717) is 11.7 Å². The highest BCUT2D eigenvalue weighted by Gasteiger charge is 2.37. The van der Waals surface area contributed by atoms with Gasteiger partial charge in [0.15, 0.2) is 8.32 Å². The smallest absolute Gasteiger partial charge is 0.191 e. The van der Waals surface area contributed by atoms with E-state index in [-0.39, 0.29) is 5.04 Å². The monoisotopic (exact) mass is 228 g/mol. The van der Waals surface area contributed by atoms with E-state index in [4.69, 9.17) is 4.43 Å². The first kappa shape index (κ1) is 12.8. The van der Waals surface area contributed by atoms with Crippen LogP contribution in [0.2, 0.25) is 18.1 Å². The van der Waals surface area contributed by atoms with Gasteiger partial charge < -0.3 is 9.53 Å². The van der Waals surface area contributed by atoms with Gasteiger partial charge in [-0.15, -0.1) is 0 Å². The van der Waals surface area contributed by atoms with Gasteiger partial charge in [-0.25, -0.2) is 0 Å². The molecule has 0 bridgehead atoms. The predicted octanol–water partition coefficient (Wildman–Crippen LogP) is 3.86. The number of rotatable bonds is 3. The summed E-state index contributed by atoms with van der Waals surface area (Å²) in [6.45, 7) is 12.1. The highest BCUT2D eigenvalue weighted by molar-refractivity contribution is 6.74. The van der Waals surface area contributed by atoms with Crippen molar-refractivity contribution in [1.82, 2.24) is 0 Å². The van der Waals surface area contributed by atoms with E-state index in [1.54, 1.807) is 0 Å². The third-order valence-electron chi connectivity index (χ3n) is 3.67. The SMILES string of the molecule is CC(C)(C)[Si](C)(C)OC[C@@H]1CC=C(O)C1. The lowest BCUT2D eigenvalue weighted by Gasteiger charge is -2.37. The maximum atomic E-state index is 9.31. The highest BCUT2D eigenvalue weighted by Crippen LogP contribution is 2.37. The summed E-state index contributed by atoms with van der Waals surface area (Å²) in [6, 6.07) is 0. The lowest BCUT2D eigenvalue weighted by atomic mass is 10.1. The Kier molecular flexibility index (Phi) is 3.66. The summed E-state index contributed by atoms with van der Waals surface area (Å²) >= 11 is 0. The fourth-order valence-electron chi connectivity index (χ4n) is 1.43. The van der Waals surface area contributed by atoms with Gasteiger partial charge in [0, 0.05) is 13.0 Å². The maximum absolute atomic E-state index is 9.31. The van der Waals surface area contributed by atoms with E-state index in [0.717, 1.165) is 19.4 Å². The molecular formula is C12H24O2Si. The Morgan fingerprint density at radius 3 is 2.47 bits per heavy atom. The van der Waals surface area contributed by atoms with E-state index in [2.05, 4.69) is 33.9 Å². The second-order valence-electron chi connectivity index (χ2n) is 6.07. The molecule has 0 unspecified atom stereocenters. The molecule has 1 aliphatic rings. The van der Waals surface area contributed by atoms with Gasteiger partial charge in [0.05, 0.1) is 5.76 Å². The molecule has 1 N–H and O–H groups in total. The summed E-state index contributed by atoms with van der Waals surface area (Å²) in [5.41, 5.74) is 0. The molecule has 0 fully saturated rings. The molecule has 88 valence electrons. The summed E-state index contributed by atoms with van der Waals surface area (Å²) in [5.74, 6) is 1.04. The van der Waals surface area contributed by atoms with Crippen LogP contribution in [0.5, 0.6) is 0 Å². The molecule has 1 atom stereocenters. The topological polar surface area (TPSA) is 29.5 Å². The lowest BCUT2D eigenvalue weighted by Crippen LogP contribution is -2.41. The van der Waals surface area contributed by atoms with Gasteiger partial charge in [0.2, 0.25) is 0 Å². The Hall–Kier alpha value is -0.283. The van der Waals surface area contributed by atoms with Crippen LogP contribution < -0.4 is 0 Å². The summed E-state index contributed by atoms with van der Waals surface area (Å²) in [4.78, 5) is 0. The van der Waals surface area contributed by atoms with Crippen molar-refractivity contribution in [3.63, 3.8) is 0 Å². The normalized spacial score (nSPS) is 23.0. The summed E-state index contributed by atoms with van der Waals surface area (Å²) < 4.78 is 6.12. The molecule has 0 saturated heterocycles. The fraction of sp³-hybridized carbons (Fsp3) is 0.833. The predicted molar refractivity (Wildman–Crippen MR) is 66.6 cm³/mol. The van der Waals surface area contributed by atoms with E-state index >= 15 is 0 Å². The Morgan fingerprint density at radius 1 is 1.47 bits per heavy atom. The Balaban J connectivity index is 2.38. The van der Waals surface area contributed by atoms with Crippen molar-refractivity contribution in [2.75, 3.05) is 6.61 Å². The second kappa shape index (κ2) is 4.30. The molecule has 1 rings (SSSR count). The van der Waals surface area contributed by atoms with Crippen molar-refractivity contribution in [3.8, 4) is 0 Å². The minimum absolute atomic E-state index is 0.279. The van der Waals surface area contributed by atoms with Gasteiger partial charge in [-0.1, -0.05) is 20.8 Å². The van der Waals surface area contributed by atoms with Gasteiger partial charge in [0.25, 0.3) is 0 Å². The van der Waals surface area contributed by atoms with Crippen LogP contribution in [0.4, 0.5) is 0 Å². The van der Waals surface area contributed by atoms with Crippen molar-refractivity contribution in [1.29, 1.82) is 0 Å². The molecule has 0 amide bonds. The third-order valence-corrected chi connectivity index (χ3v) is 8.17. The van der Waals surface area contributed by atoms with Crippen molar-refractivity contribution in [2.24, 2.45) is 5.92 Å². The molecule has 15 heavy (non-hydrogen) atoms. The third kappa shape index (κ3) is 3.35. The maximum Gasteiger partial charge on any atom is 0.191 e. The van der Waals surface area contributed by atoms with Crippen molar-refractivity contribution >= 4 is 8.32 Å². The Morgan fingerprint density at radius 2 is 2.07 bits per heavy atom. The molecule has 0 aromatic heterocycles. The van der Waals surface area contributed by atoms with Crippen LogP contribution in [0.1, 0.15) is 33.6 Å². The average Bonchev–Trinajstić information content (AvgIpc) is 2.46. The first-order valence-electron chi connectivity index (χ1n) is 5.74. The highest BCUT2D eigenvalue weighted by atomic mass is 28.4. The zero-order valence-electron chi connectivity index (χ0n) is 10.6. The molecule has 0 heterocycles. The van der Waals surface area contributed by atoms with E-state index < -0.39 is 8.32 Å². The summed E-state index contributed by atoms with van der Waals surface area (Å²) in [6.07, 6.45) is 3.69. The Bertz CT molecular complexity index is 251. The minimum atomic E-state index is -1.60. The van der Waals surface area contributed by atoms with Gasteiger partial charge >= 0.3 is 0 Å². The van der Waals surface area contributed by atoms with Crippen LogP contribution in [0.15, 0.2) is 11.8 Å². The van der Waals surface area contributed by atoms with Gasteiger partial charge in [-0.05, 0) is 36.5 Å². The van der Waals surface area contributed by atoms with Gasteiger partial charge in [-0.2, -0.15) is 0 Å². The first-order chi connectivity index (χ1) is 6.72. The van der Waals surface area contributed by atoms with E-state index in [1.807, 2.05) is 6.08 Å². The zero-order valence-corrected chi connectivity index (χ0v) is 11.6. The zero-order chi connectivity index (χ0) is 11.7. The molecule has 2 nitrogen and oxygen atoms in total. The standard InChI is InChI=1S/C12H24O2Si/c1-12(2,3)15(4,5)14-9-10-6-7-11(13)8-10/h7,10,13H,6,8-9H2,1-5H3/t10-/m1/s1. The van der Waals surface area contributed by atoms with Crippen LogP contribution in [-0.2, 0) is 4.43 Å². The number of hydrogen-bond acceptors (Lipinski definition) is 2. The number of hydrogen-bond donors (Lipinski definition) is 1.